The van der Waals surface area contributed by atoms with Gasteiger partial charge in [-0.15, -0.1) is 0 Å². The first-order chi connectivity index (χ1) is 4.63. The molecule has 0 saturated heterocycles. The third kappa shape index (κ3) is 1.10. The summed E-state index contributed by atoms with van der Waals surface area (Å²) >= 11 is 0. The quantitative estimate of drug-likeness (QED) is 0.508. The van der Waals surface area contributed by atoms with Crippen molar-refractivity contribution in [3.05, 3.63) is 11.2 Å². The van der Waals surface area contributed by atoms with Gasteiger partial charge < -0.3 is 10.0 Å². The van der Waals surface area contributed by atoms with Crippen LogP contribution in [0.4, 0.5) is 0 Å². The molecule has 1 aliphatic rings. The Morgan fingerprint density at radius 1 is 1.50 bits per heavy atom. The van der Waals surface area contributed by atoms with Crippen LogP contribution in [0.25, 0.3) is 0 Å². The molecule has 0 unspecified atom stereocenters. The summed E-state index contributed by atoms with van der Waals surface area (Å²) in [6.45, 7) is 3.48. The van der Waals surface area contributed by atoms with E-state index in [1.807, 2.05) is 0 Å². The molecule has 0 aromatic heterocycles. The normalized spacial score (nSPS) is 24.2. The molecule has 1 atom stereocenters. The van der Waals surface area contributed by atoms with Crippen molar-refractivity contribution in [1.82, 2.24) is 0 Å². The van der Waals surface area contributed by atoms with E-state index in [1.54, 1.807) is 13.8 Å². The topological polar surface area (TPSA) is 65.2 Å². The van der Waals surface area contributed by atoms with Gasteiger partial charge in [0.1, 0.15) is 0 Å². The number of hydrogen-bond donors (Lipinski definition) is 2. The zero-order valence-corrected chi connectivity index (χ0v) is 5.94. The fraction of sp³-hybridized carbons (Fsp3) is 0.600. The third-order valence-electron chi connectivity index (χ3n) is 1.53. The number of nitrogens with zero attached hydrogens (tertiary/aromatic N) is 2. The molecule has 0 aromatic carbocycles. The second-order valence-electron chi connectivity index (χ2n) is 2.31. The van der Waals surface area contributed by atoms with Crippen LogP contribution in [0.5, 0.6) is 0 Å². The summed E-state index contributed by atoms with van der Waals surface area (Å²) in [5, 5.41) is 25.0. The molecule has 4 nitrogen and oxygen atoms in total. The maximum atomic E-state index is 8.77. The Hall–Kier alpha value is -0.675. The average Bonchev–Trinajstić information content (AvgIpc) is 2.11. The zero-order chi connectivity index (χ0) is 7.72. The summed E-state index contributed by atoms with van der Waals surface area (Å²) < 4.78 is 0. The van der Waals surface area contributed by atoms with Gasteiger partial charge in [0.25, 0.3) is 0 Å². The summed E-state index contributed by atoms with van der Waals surface area (Å²) in [5.74, 6) is 0. The summed E-state index contributed by atoms with van der Waals surface area (Å²) in [7, 11) is -1.41. The highest BCUT2D eigenvalue weighted by atomic mass is 16.4. The van der Waals surface area contributed by atoms with Crippen LogP contribution in [0.1, 0.15) is 13.8 Å². The van der Waals surface area contributed by atoms with Gasteiger partial charge in [-0.3, -0.25) is 0 Å². The van der Waals surface area contributed by atoms with Crippen molar-refractivity contribution < 1.29 is 10.0 Å². The van der Waals surface area contributed by atoms with E-state index in [-0.39, 0.29) is 6.04 Å². The van der Waals surface area contributed by atoms with Crippen molar-refractivity contribution in [3.8, 4) is 0 Å². The first-order valence-electron chi connectivity index (χ1n) is 3.10. The van der Waals surface area contributed by atoms with E-state index < -0.39 is 7.12 Å². The van der Waals surface area contributed by atoms with E-state index in [1.165, 1.54) is 0 Å². The number of hydrogen-bond acceptors (Lipinski definition) is 4. The highest BCUT2D eigenvalue weighted by Crippen LogP contribution is 2.21. The van der Waals surface area contributed by atoms with Gasteiger partial charge in [0.05, 0.1) is 11.7 Å². The fourth-order valence-electron chi connectivity index (χ4n) is 0.998. The number of azo groups is 1. The Kier molecular flexibility index (Phi) is 1.87. The molecule has 0 spiro atoms. The molecule has 0 amide bonds. The third-order valence-corrected chi connectivity index (χ3v) is 1.53. The van der Waals surface area contributed by atoms with E-state index >= 15 is 0 Å². The molecule has 0 aromatic rings. The van der Waals surface area contributed by atoms with Gasteiger partial charge in [-0.05, 0) is 13.8 Å². The van der Waals surface area contributed by atoms with Crippen LogP contribution in [0, 0.1) is 0 Å². The molecular formula is C5H9BN2O2. The summed E-state index contributed by atoms with van der Waals surface area (Å²) in [6, 6.07) is -0.181. The minimum atomic E-state index is -1.41. The first-order valence-corrected chi connectivity index (χ1v) is 3.10. The van der Waals surface area contributed by atoms with Crippen LogP contribution in [-0.2, 0) is 0 Å². The Morgan fingerprint density at radius 2 is 2.10 bits per heavy atom. The van der Waals surface area contributed by atoms with Crippen molar-refractivity contribution in [1.29, 1.82) is 0 Å². The van der Waals surface area contributed by atoms with Crippen LogP contribution in [0.15, 0.2) is 21.4 Å². The van der Waals surface area contributed by atoms with E-state index in [0.29, 0.717) is 11.2 Å². The fourth-order valence-corrected chi connectivity index (χ4v) is 0.998. The van der Waals surface area contributed by atoms with Crippen LogP contribution in [-0.4, -0.2) is 23.2 Å². The van der Waals surface area contributed by atoms with E-state index in [0.717, 1.165) is 0 Å². The molecular weight excluding hydrogens is 131 g/mol. The van der Waals surface area contributed by atoms with Crippen molar-refractivity contribution in [2.45, 2.75) is 19.9 Å². The molecule has 0 saturated carbocycles. The van der Waals surface area contributed by atoms with Crippen LogP contribution in [0.3, 0.4) is 0 Å². The molecule has 1 heterocycles. The molecule has 0 fully saturated rings. The Morgan fingerprint density at radius 3 is 2.30 bits per heavy atom. The molecule has 0 aliphatic carbocycles. The van der Waals surface area contributed by atoms with Gasteiger partial charge in [-0.25, -0.2) is 0 Å². The molecule has 5 heteroatoms. The van der Waals surface area contributed by atoms with Crippen molar-refractivity contribution in [3.63, 3.8) is 0 Å². The van der Waals surface area contributed by atoms with Gasteiger partial charge in [-0.1, -0.05) is 0 Å². The molecule has 0 radical (unpaired) electrons. The lowest BCUT2D eigenvalue weighted by Gasteiger charge is -2.03. The summed E-state index contributed by atoms with van der Waals surface area (Å²) in [4.78, 5) is 0. The highest BCUT2D eigenvalue weighted by molar-refractivity contribution is 6.51. The predicted octanol–water partition coefficient (Wildman–Crippen LogP) is 0.127. The number of allylic oxidation sites excluding steroid dienone is 1. The van der Waals surface area contributed by atoms with Gasteiger partial charge in [0.2, 0.25) is 0 Å². The molecule has 1 aliphatic heterocycles. The maximum absolute atomic E-state index is 8.77. The summed E-state index contributed by atoms with van der Waals surface area (Å²) in [6.07, 6.45) is 0. The highest BCUT2D eigenvalue weighted by Gasteiger charge is 2.27. The van der Waals surface area contributed by atoms with Crippen molar-refractivity contribution >= 4 is 7.12 Å². The first kappa shape index (κ1) is 7.43. The lowest BCUT2D eigenvalue weighted by Crippen LogP contribution is -2.22. The minimum Gasteiger partial charge on any atom is -0.423 e. The predicted molar refractivity (Wildman–Crippen MR) is 37.2 cm³/mol. The summed E-state index contributed by atoms with van der Waals surface area (Å²) in [5.41, 5.74) is 1.11. The minimum absolute atomic E-state index is 0.181. The van der Waals surface area contributed by atoms with E-state index in [9.17, 15) is 0 Å². The Bertz CT molecular complexity index is 200. The SMILES string of the molecule is CC1=C(B(O)O)[C@H](C)N=N1. The lowest BCUT2D eigenvalue weighted by molar-refractivity contribution is 0.415. The smallest absolute Gasteiger partial charge is 0.423 e. The Balaban J connectivity index is 2.85. The van der Waals surface area contributed by atoms with Crippen molar-refractivity contribution in [2.75, 3.05) is 0 Å². The average molecular weight is 140 g/mol. The Labute approximate surface area is 59.4 Å². The monoisotopic (exact) mass is 140 g/mol. The van der Waals surface area contributed by atoms with Crippen LogP contribution < -0.4 is 0 Å². The maximum Gasteiger partial charge on any atom is 0.488 e. The lowest BCUT2D eigenvalue weighted by atomic mass is 9.75. The second kappa shape index (κ2) is 2.52. The van der Waals surface area contributed by atoms with Gasteiger partial charge in [0.15, 0.2) is 0 Å². The van der Waals surface area contributed by atoms with Crippen molar-refractivity contribution in [2.24, 2.45) is 10.2 Å². The van der Waals surface area contributed by atoms with E-state index in [4.69, 9.17) is 10.0 Å². The second-order valence-corrected chi connectivity index (χ2v) is 2.31. The van der Waals surface area contributed by atoms with Crippen LogP contribution >= 0.6 is 0 Å². The molecule has 0 bridgehead atoms. The number of rotatable bonds is 1. The molecule has 10 heavy (non-hydrogen) atoms. The van der Waals surface area contributed by atoms with Gasteiger partial charge >= 0.3 is 7.12 Å². The van der Waals surface area contributed by atoms with Gasteiger partial charge in [0, 0.05) is 5.47 Å². The van der Waals surface area contributed by atoms with Crippen LogP contribution in [0.2, 0.25) is 0 Å². The standard InChI is InChI=1S/C5H9BN2O2/c1-3-5(6(9)10)4(2)8-7-3/h3,9-10H,1-2H3/t3-/m0/s1. The van der Waals surface area contributed by atoms with E-state index in [2.05, 4.69) is 10.2 Å². The zero-order valence-electron chi connectivity index (χ0n) is 5.94. The molecule has 2 N–H and O–H groups in total. The molecule has 54 valence electrons. The molecule has 1 rings (SSSR count). The largest absolute Gasteiger partial charge is 0.488 e. The van der Waals surface area contributed by atoms with Gasteiger partial charge in [-0.2, -0.15) is 10.2 Å².